The van der Waals surface area contributed by atoms with Crippen molar-refractivity contribution in [3.05, 3.63) is 0 Å². The molecule has 11 heavy (non-hydrogen) atoms. The van der Waals surface area contributed by atoms with Gasteiger partial charge in [-0.2, -0.15) is 0 Å². The number of hydrogen-bond acceptors (Lipinski definition) is 1. The van der Waals surface area contributed by atoms with Gasteiger partial charge in [0.15, 0.2) is 0 Å². The van der Waals surface area contributed by atoms with E-state index < -0.39 is 0 Å². The van der Waals surface area contributed by atoms with Crippen LogP contribution in [-0.4, -0.2) is 6.04 Å². The molecule has 0 heterocycles. The van der Waals surface area contributed by atoms with Crippen molar-refractivity contribution in [3.8, 4) is 0 Å². The van der Waals surface area contributed by atoms with Crippen molar-refractivity contribution in [1.82, 2.24) is 0 Å². The smallest absolute Gasteiger partial charge is 0.00386 e. The molecular formula is C10H25N. The molecule has 0 aliphatic heterocycles. The predicted molar refractivity (Wildman–Crippen MR) is 53.7 cm³/mol. The van der Waals surface area contributed by atoms with Crippen molar-refractivity contribution >= 4 is 0 Å². The van der Waals surface area contributed by atoms with E-state index in [0.717, 1.165) is 5.92 Å². The molecule has 0 aromatic carbocycles. The van der Waals surface area contributed by atoms with E-state index in [1.54, 1.807) is 0 Å². The first-order valence-electron chi connectivity index (χ1n) is 4.97. The Bertz CT molecular complexity index is 59.9. The van der Waals surface area contributed by atoms with Crippen LogP contribution in [0.5, 0.6) is 0 Å². The zero-order chi connectivity index (χ0) is 9.28. The van der Waals surface area contributed by atoms with E-state index in [2.05, 4.69) is 20.8 Å². The average Bonchev–Trinajstić information content (AvgIpc) is 2.03. The van der Waals surface area contributed by atoms with E-state index in [9.17, 15) is 0 Å². The van der Waals surface area contributed by atoms with Gasteiger partial charge in [-0.3, -0.25) is 0 Å². The maximum absolute atomic E-state index is 5.73. The summed E-state index contributed by atoms with van der Waals surface area (Å²) in [7, 11) is 0. The minimum Gasteiger partial charge on any atom is -0.328 e. The second kappa shape index (κ2) is 9.96. The van der Waals surface area contributed by atoms with Crippen LogP contribution >= 0.6 is 0 Å². The van der Waals surface area contributed by atoms with Crippen molar-refractivity contribution in [2.75, 3.05) is 0 Å². The Labute approximate surface area is 72.4 Å². The van der Waals surface area contributed by atoms with Gasteiger partial charge in [-0.1, -0.05) is 40.5 Å². The van der Waals surface area contributed by atoms with Crippen LogP contribution in [0.2, 0.25) is 0 Å². The molecule has 0 fully saturated rings. The first-order chi connectivity index (χ1) is 5.22. The molecule has 70 valence electrons. The third kappa shape index (κ3) is 7.86. The number of rotatable bonds is 4. The molecule has 2 N–H and O–H groups in total. The van der Waals surface area contributed by atoms with Gasteiger partial charge in [-0.15, -0.1) is 0 Å². The molecular weight excluding hydrogens is 134 g/mol. The summed E-state index contributed by atoms with van der Waals surface area (Å²) in [5.74, 6) is 0.745. The summed E-state index contributed by atoms with van der Waals surface area (Å²) >= 11 is 0. The molecule has 0 aromatic heterocycles. The van der Waals surface area contributed by atoms with Gasteiger partial charge >= 0.3 is 0 Å². The van der Waals surface area contributed by atoms with E-state index in [1.165, 1.54) is 19.3 Å². The molecule has 0 amide bonds. The molecule has 0 saturated heterocycles. The van der Waals surface area contributed by atoms with E-state index in [4.69, 9.17) is 5.73 Å². The SMILES string of the molecule is CC.CCCC(CC)C(C)N. The highest BCUT2D eigenvalue weighted by molar-refractivity contribution is 4.65. The van der Waals surface area contributed by atoms with Gasteiger partial charge < -0.3 is 5.73 Å². The second-order valence-corrected chi connectivity index (χ2v) is 2.82. The molecule has 2 atom stereocenters. The van der Waals surface area contributed by atoms with Crippen LogP contribution in [0.1, 0.15) is 53.9 Å². The summed E-state index contributed by atoms with van der Waals surface area (Å²) in [6.07, 6.45) is 3.78. The van der Waals surface area contributed by atoms with E-state index in [0.29, 0.717) is 6.04 Å². The van der Waals surface area contributed by atoms with Crippen molar-refractivity contribution < 1.29 is 0 Å². The Morgan fingerprint density at radius 1 is 1.18 bits per heavy atom. The van der Waals surface area contributed by atoms with Crippen LogP contribution in [0.15, 0.2) is 0 Å². The molecule has 2 unspecified atom stereocenters. The fraction of sp³-hybridized carbons (Fsp3) is 1.00. The van der Waals surface area contributed by atoms with Gasteiger partial charge in [0.05, 0.1) is 0 Å². The van der Waals surface area contributed by atoms with Crippen LogP contribution < -0.4 is 5.73 Å². The van der Waals surface area contributed by atoms with Gasteiger partial charge in [-0.25, -0.2) is 0 Å². The van der Waals surface area contributed by atoms with Crippen molar-refractivity contribution in [2.45, 2.75) is 59.9 Å². The zero-order valence-corrected chi connectivity index (χ0v) is 8.85. The molecule has 0 aliphatic rings. The van der Waals surface area contributed by atoms with Crippen molar-refractivity contribution in [1.29, 1.82) is 0 Å². The first-order valence-corrected chi connectivity index (χ1v) is 4.97. The lowest BCUT2D eigenvalue weighted by atomic mass is 9.94. The molecule has 1 nitrogen and oxygen atoms in total. The lowest BCUT2D eigenvalue weighted by Crippen LogP contribution is -2.25. The molecule has 0 spiro atoms. The topological polar surface area (TPSA) is 26.0 Å². The standard InChI is InChI=1S/C8H19N.C2H6/c1-4-6-8(5-2)7(3)9;1-2/h7-8H,4-6,9H2,1-3H3;1-2H3. The molecule has 0 bridgehead atoms. The van der Waals surface area contributed by atoms with Crippen LogP contribution in [0.3, 0.4) is 0 Å². The monoisotopic (exact) mass is 159 g/mol. The molecule has 0 radical (unpaired) electrons. The Hall–Kier alpha value is -0.0400. The molecule has 0 rings (SSSR count). The summed E-state index contributed by atoms with van der Waals surface area (Å²) in [4.78, 5) is 0. The third-order valence-electron chi connectivity index (χ3n) is 1.93. The maximum Gasteiger partial charge on any atom is 0.00386 e. The van der Waals surface area contributed by atoms with Crippen molar-refractivity contribution in [3.63, 3.8) is 0 Å². The van der Waals surface area contributed by atoms with Gasteiger partial charge in [0.1, 0.15) is 0 Å². The van der Waals surface area contributed by atoms with Gasteiger partial charge in [0.2, 0.25) is 0 Å². The zero-order valence-electron chi connectivity index (χ0n) is 8.85. The summed E-state index contributed by atoms with van der Waals surface area (Å²) in [5, 5.41) is 0. The summed E-state index contributed by atoms with van der Waals surface area (Å²) in [6, 6.07) is 0.384. The molecule has 0 aliphatic carbocycles. The Morgan fingerprint density at radius 2 is 1.64 bits per heavy atom. The lowest BCUT2D eigenvalue weighted by Gasteiger charge is -2.17. The highest BCUT2D eigenvalue weighted by Gasteiger charge is 2.08. The van der Waals surface area contributed by atoms with Crippen LogP contribution in [0.4, 0.5) is 0 Å². The van der Waals surface area contributed by atoms with Gasteiger partial charge in [0.25, 0.3) is 0 Å². The molecule has 1 heteroatoms. The molecule has 0 saturated carbocycles. The number of nitrogens with two attached hydrogens (primary N) is 1. The highest BCUT2D eigenvalue weighted by atomic mass is 14.6. The van der Waals surface area contributed by atoms with Crippen LogP contribution in [0, 0.1) is 5.92 Å². The average molecular weight is 159 g/mol. The lowest BCUT2D eigenvalue weighted by molar-refractivity contribution is 0.397. The van der Waals surface area contributed by atoms with E-state index >= 15 is 0 Å². The summed E-state index contributed by atoms with van der Waals surface area (Å²) in [5.41, 5.74) is 5.73. The first kappa shape index (κ1) is 13.5. The molecule has 0 aromatic rings. The number of hydrogen-bond donors (Lipinski definition) is 1. The second-order valence-electron chi connectivity index (χ2n) is 2.82. The van der Waals surface area contributed by atoms with Crippen LogP contribution in [0.25, 0.3) is 0 Å². The normalized spacial score (nSPS) is 14.7. The van der Waals surface area contributed by atoms with Gasteiger partial charge in [-0.05, 0) is 19.3 Å². The maximum atomic E-state index is 5.73. The highest BCUT2D eigenvalue weighted by Crippen LogP contribution is 2.12. The fourth-order valence-corrected chi connectivity index (χ4v) is 1.21. The summed E-state index contributed by atoms with van der Waals surface area (Å²) < 4.78 is 0. The Kier molecular flexibility index (Phi) is 12.3. The minimum atomic E-state index is 0.384. The van der Waals surface area contributed by atoms with E-state index in [-0.39, 0.29) is 0 Å². The van der Waals surface area contributed by atoms with Crippen molar-refractivity contribution in [2.24, 2.45) is 11.7 Å². The third-order valence-corrected chi connectivity index (χ3v) is 1.93. The predicted octanol–water partition coefficient (Wildman–Crippen LogP) is 3.19. The quantitative estimate of drug-likeness (QED) is 0.670. The Balaban J connectivity index is 0. The Morgan fingerprint density at radius 3 is 1.73 bits per heavy atom. The van der Waals surface area contributed by atoms with Crippen LogP contribution in [-0.2, 0) is 0 Å². The van der Waals surface area contributed by atoms with Gasteiger partial charge in [0, 0.05) is 6.04 Å². The van der Waals surface area contributed by atoms with E-state index in [1.807, 2.05) is 13.8 Å². The largest absolute Gasteiger partial charge is 0.328 e. The minimum absolute atomic E-state index is 0.384. The fourth-order valence-electron chi connectivity index (χ4n) is 1.21. The summed E-state index contributed by atoms with van der Waals surface area (Å²) in [6.45, 7) is 10.5.